The number of aryl methyl sites for hydroxylation is 2. The molecule has 5 aromatic rings. The van der Waals surface area contributed by atoms with Gasteiger partial charge in [-0.1, -0.05) is 0 Å². The van der Waals surface area contributed by atoms with Crippen LogP contribution in [-0.2, 0) is 13.6 Å². The lowest BCUT2D eigenvalue weighted by Crippen LogP contribution is -2.04. The van der Waals surface area contributed by atoms with Crippen LogP contribution in [0.5, 0.6) is 5.88 Å². The molecule has 28 heavy (non-hydrogen) atoms. The Balaban J connectivity index is 1.67. The summed E-state index contributed by atoms with van der Waals surface area (Å²) in [6.45, 7) is 2.48. The van der Waals surface area contributed by atoms with Crippen molar-refractivity contribution in [3.8, 4) is 17.0 Å². The van der Waals surface area contributed by atoms with Crippen LogP contribution in [0, 0.1) is 6.92 Å². The first kappa shape index (κ1) is 16.4. The van der Waals surface area contributed by atoms with Crippen molar-refractivity contribution in [2.24, 2.45) is 7.05 Å². The molecule has 0 atom stereocenters. The van der Waals surface area contributed by atoms with Gasteiger partial charge < -0.3 is 9.30 Å². The number of aromatic nitrogens is 9. The van der Waals surface area contributed by atoms with Crippen LogP contribution in [-0.4, -0.2) is 51.0 Å². The van der Waals surface area contributed by atoms with Crippen LogP contribution < -0.4 is 4.74 Å². The normalized spacial score (nSPS) is 11.5. The summed E-state index contributed by atoms with van der Waals surface area (Å²) in [6, 6.07) is 4.04. The second kappa shape index (κ2) is 6.12. The first-order valence-corrected chi connectivity index (χ1v) is 8.68. The van der Waals surface area contributed by atoms with Crippen molar-refractivity contribution in [2.45, 2.75) is 13.5 Å². The van der Waals surface area contributed by atoms with E-state index in [1.165, 1.54) is 6.33 Å². The number of ether oxygens (including phenoxy) is 1. The van der Waals surface area contributed by atoms with Gasteiger partial charge in [-0.3, -0.25) is 4.68 Å². The molecule has 10 heteroatoms. The predicted octanol–water partition coefficient (Wildman–Crippen LogP) is 1.63. The van der Waals surface area contributed by atoms with Crippen molar-refractivity contribution in [3.05, 3.63) is 48.8 Å². The summed E-state index contributed by atoms with van der Waals surface area (Å²) >= 11 is 0. The summed E-state index contributed by atoms with van der Waals surface area (Å²) < 4.78 is 10.9. The quantitative estimate of drug-likeness (QED) is 0.470. The first-order chi connectivity index (χ1) is 13.6. The fraction of sp³-hybridized carbons (Fsp3) is 0.222. The number of rotatable bonds is 4. The number of methoxy groups -OCH3 is 1. The Morgan fingerprint density at radius 3 is 2.86 bits per heavy atom. The molecule has 140 valence electrons. The molecule has 0 fully saturated rings. The summed E-state index contributed by atoms with van der Waals surface area (Å²) in [7, 11) is 3.45. The van der Waals surface area contributed by atoms with Gasteiger partial charge in [0.25, 0.3) is 0 Å². The van der Waals surface area contributed by atoms with E-state index in [4.69, 9.17) is 4.74 Å². The van der Waals surface area contributed by atoms with E-state index < -0.39 is 0 Å². The molecule has 10 nitrogen and oxygen atoms in total. The summed E-state index contributed by atoms with van der Waals surface area (Å²) in [5.74, 6) is 2.09. The lowest BCUT2D eigenvalue weighted by molar-refractivity contribution is 0.399. The average molecular weight is 375 g/mol. The van der Waals surface area contributed by atoms with E-state index in [0.29, 0.717) is 18.1 Å². The lowest BCUT2D eigenvalue weighted by Gasteiger charge is -2.06. The molecule has 0 saturated carbocycles. The Hall–Kier alpha value is -3.82. The van der Waals surface area contributed by atoms with Crippen molar-refractivity contribution < 1.29 is 4.74 Å². The number of fused-ring (bicyclic) bond motifs is 2. The molecule has 5 heterocycles. The molecule has 0 aliphatic carbocycles. The monoisotopic (exact) mass is 375 g/mol. The van der Waals surface area contributed by atoms with Crippen LogP contribution >= 0.6 is 0 Å². The van der Waals surface area contributed by atoms with Gasteiger partial charge in [-0.2, -0.15) is 15.2 Å². The maximum Gasteiger partial charge on any atom is 0.241 e. The van der Waals surface area contributed by atoms with Gasteiger partial charge in [0.1, 0.15) is 24.0 Å². The summed E-state index contributed by atoms with van der Waals surface area (Å²) in [6.07, 6.45) is 6.84. The number of hydrogen-bond acceptors (Lipinski definition) is 7. The van der Waals surface area contributed by atoms with Gasteiger partial charge in [-0.05, 0) is 19.1 Å². The predicted molar refractivity (Wildman–Crippen MR) is 101 cm³/mol. The Morgan fingerprint density at radius 1 is 1.18 bits per heavy atom. The Kier molecular flexibility index (Phi) is 3.57. The van der Waals surface area contributed by atoms with E-state index in [9.17, 15) is 0 Å². The fourth-order valence-corrected chi connectivity index (χ4v) is 3.37. The Labute approximate surface area is 159 Å². The first-order valence-electron chi connectivity index (χ1n) is 8.68. The third-order valence-electron chi connectivity index (χ3n) is 4.67. The number of imidazole rings is 1. The standard InChI is InChI=1S/C18H17N9O/c1-11-23-17-14(26(11)8-15-21-10-25(2)24-15)6-12(7-19-17)13-4-5-27-16(13)18(28-3)20-9-22-27/h4-7,9-10H,8H2,1-3H3. The van der Waals surface area contributed by atoms with Crippen LogP contribution in [0.2, 0.25) is 0 Å². The number of pyridine rings is 1. The Bertz CT molecular complexity index is 1310. The van der Waals surface area contributed by atoms with Crippen molar-refractivity contribution >= 4 is 16.7 Å². The SMILES string of the molecule is COc1ncnn2ccc(-c3cnc4nc(C)n(Cc5ncn(C)n5)c4c3)c12. The average Bonchev–Trinajstić information content (AvgIpc) is 3.39. The van der Waals surface area contributed by atoms with Gasteiger partial charge in [0.15, 0.2) is 11.5 Å². The van der Waals surface area contributed by atoms with E-state index in [1.54, 1.807) is 28.8 Å². The molecular formula is C18H17N9O. The van der Waals surface area contributed by atoms with E-state index in [1.807, 2.05) is 26.2 Å². The topological polar surface area (TPSA) is 101 Å². The second-order valence-corrected chi connectivity index (χ2v) is 6.44. The van der Waals surface area contributed by atoms with E-state index in [2.05, 4.69) is 40.8 Å². The highest BCUT2D eigenvalue weighted by Gasteiger charge is 2.16. The maximum atomic E-state index is 5.42. The summed E-state index contributed by atoms with van der Waals surface area (Å²) in [5, 5.41) is 8.62. The molecule has 0 spiro atoms. The molecule has 0 unspecified atom stereocenters. The van der Waals surface area contributed by atoms with Gasteiger partial charge in [-0.25, -0.2) is 19.5 Å². The molecule has 0 aliphatic rings. The summed E-state index contributed by atoms with van der Waals surface area (Å²) in [5.41, 5.74) is 4.26. The molecule has 0 aromatic carbocycles. The van der Waals surface area contributed by atoms with Gasteiger partial charge >= 0.3 is 0 Å². The molecule has 0 saturated heterocycles. The minimum Gasteiger partial charge on any atom is -0.479 e. The fourth-order valence-electron chi connectivity index (χ4n) is 3.37. The van der Waals surface area contributed by atoms with Gasteiger partial charge in [0, 0.05) is 30.6 Å². The maximum absolute atomic E-state index is 5.42. The zero-order valence-corrected chi connectivity index (χ0v) is 15.6. The van der Waals surface area contributed by atoms with E-state index in [-0.39, 0.29) is 0 Å². The Morgan fingerprint density at radius 2 is 2.07 bits per heavy atom. The highest BCUT2D eigenvalue weighted by Crippen LogP contribution is 2.31. The number of hydrogen-bond donors (Lipinski definition) is 0. The molecule has 0 aliphatic heterocycles. The van der Waals surface area contributed by atoms with Crippen LogP contribution in [0.4, 0.5) is 0 Å². The highest BCUT2D eigenvalue weighted by atomic mass is 16.5. The van der Waals surface area contributed by atoms with Gasteiger partial charge in [0.05, 0.1) is 19.2 Å². The van der Waals surface area contributed by atoms with Crippen LogP contribution in [0.15, 0.2) is 37.2 Å². The largest absolute Gasteiger partial charge is 0.479 e. The minimum absolute atomic E-state index is 0.512. The van der Waals surface area contributed by atoms with Crippen LogP contribution in [0.25, 0.3) is 27.8 Å². The zero-order valence-electron chi connectivity index (χ0n) is 15.6. The van der Waals surface area contributed by atoms with Crippen LogP contribution in [0.3, 0.4) is 0 Å². The molecule has 0 bridgehead atoms. The molecule has 0 radical (unpaired) electrons. The molecular weight excluding hydrogens is 358 g/mol. The zero-order chi connectivity index (χ0) is 19.3. The van der Waals surface area contributed by atoms with Gasteiger partial charge in [-0.15, -0.1) is 0 Å². The number of nitrogens with zero attached hydrogens (tertiary/aromatic N) is 9. The summed E-state index contributed by atoms with van der Waals surface area (Å²) in [4.78, 5) is 17.7. The second-order valence-electron chi connectivity index (χ2n) is 6.44. The molecule has 5 rings (SSSR count). The third-order valence-corrected chi connectivity index (χ3v) is 4.67. The smallest absolute Gasteiger partial charge is 0.241 e. The van der Waals surface area contributed by atoms with Crippen molar-refractivity contribution in [3.63, 3.8) is 0 Å². The van der Waals surface area contributed by atoms with E-state index >= 15 is 0 Å². The van der Waals surface area contributed by atoms with E-state index in [0.717, 1.165) is 33.8 Å². The van der Waals surface area contributed by atoms with Crippen LogP contribution in [0.1, 0.15) is 11.6 Å². The molecule has 0 N–H and O–H groups in total. The van der Waals surface area contributed by atoms with Crippen molar-refractivity contribution in [1.29, 1.82) is 0 Å². The minimum atomic E-state index is 0.512. The van der Waals surface area contributed by atoms with Crippen molar-refractivity contribution in [1.82, 2.24) is 43.9 Å². The lowest BCUT2D eigenvalue weighted by atomic mass is 10.1. The third kappa shape index (κ3) is 2.49. The molecule has 0 amide bonds. The van der Waals surface area contributed by atoms with Crippen molar-refractivity contribution in [2.75, 3.05) is 7.11 Å². The highest BCUT2D eigenvalue weighted by molar-refractivity contribution is 5.87. The van der Waals surface area contributed by atoms with Gasteiger partial charge in [0.2, 0.25) is 5.88 Å². The molecule has 5 aromatic heterocycles.